The molecule has 1 heterocycles. The molecule has 1 aliphatic rings. The van der Waals surface area contributed by atoms with Crippen molar-refractivity contribution in [1.29, 1.82) is 0 Å². The summed E-state index contributed by atoms with van der Waals surface area (Å²) in [5.74, 6) is -0.0827. The summed E-state index contributed by atoms with van der Waals surface area (Å²) in [6.45, 7) is 4.06. The molecular formula is C15H21FN2O3. The van der Waals surface area contributed by atoms with Crippen LogP contribution in [-0.4, -0.2) is 50.8 Å². The highest BCUT2D eigenvalue weighted by Gasteiger charge is 2.17. The fraction of sp³-hybridized carbons (Fsp3) is 0.533. The summed E-state index contributed by atoms with van der Waals surface area (Å²) >= 11 is 0. The lowest BCUT2D eigenvalue weighted by atomic mass is 10.1. The maximum Gasteiger partial charge on any atom is 0.260 e. The van der Waals surface area contributed by atoms with E-state index in [9.17, 15) is 9.18 Å². The Hall–Kier alpha value is -1.66. The van der Waals surface area contributed by atoms with E-state index < -0.39 is 0 Å². The van der Waals surface area contributed by atoms with Gasteiger partial charge >= 0.3 is 0 Å². The first-order valence-electron chi connectivity index (χ1n) is 7.07. The summed E-state index contributed by atoms with van der Waals surface area (Å²) in [5, 5.41) is 2.98. The van der Waals surface area contributed by atoms with Crippen molar-refractivity contribution in [2.24, 2.45) is 0 Å². The van der Waals surface area contributed by atoms with Gasteiger partial charge in [-0.3, -0.25) is 4.79 Å². The van der Waals surface area contributed by atoms with Crippen LogP contribution in [0.3, 0.4) is 0 Å². The van der Waals surface area contributed by atoms with E-state index in [4.69, 9.17) is 9.47 Å². The lowest BCUT2D eigenvalue weighted by molar-refractivity contribution is -0.137. The van der Waals surface area contributed by atoms with E-state index in [1.165, 1.54) is 6.07 Å². The zero-order valence-corrected chi connectivity index (χ0v) is 12.4. The summed E-state index contributed by atoms with van der Waals surface area (Å²) in [4.78, 5) is 13.6. The third-order valence-corrected chi connectivity index (χ3v) is 3.60. The lowest BCUT2D eigenvalue weighted by Gasteiger charge is -2.26. The summed E-state index contributed by atoms with van der Waals surface area (Å²) in [6.07, 6.45) is 0. The number of carbonyl (C=O) groups excluding carboxylic acids is 1. The largest absolute Gasteiger partial charge is 0.484 e. The monoisotopic (exact) mass is 296 g/mol. The second kappa shape index (κ2) is 7.38. The maximum atomic E-state index is 13.9. The molecule has 1 unspecified atom stereocenters. The molecule has 0 bridgehead atoms. The molecule has 1 aliphatic heterocycles. The molecule has 1 saturated heterocycles. The topological polar surface area (TPSA) is 50.8 Å². The molecule has 6 heteroatoms. The van der Waals surface area contributed by atoms with Gasteiger partial charge in [-0.15, -0.1) is 0 Å². The number of hydrogen-bond donors (Lipinski definition) is 1. The molecule has 0 aliphatic carbocycles. The zero-order valence-electron chi connectivity index (χ0n) is 12.4. The Morgan fingerprint density at radius 3 is 2.81 bits per heavy atom. The van der Waals surface area contributed by atoms with Crippen LogP contribution in [0.2, 0.25) is 0 Å². The van der Waals surface area contributed by atoms with E-state index in [1.54, 1.807) is 24.1 Å². The first-order valence-corrected chi connectivity index (χ1v) is 7.07. The van der Waals surface area contributed by atoms with Gasteiger partial charge in [0.05, 0.1) is 13.2 Å². The maximum absolute atomic E-state index is 13.9. The van der Waals surface area contributed by atoms with Crippen LogP contribution in [0.15, 0.2) is 18.2 Å². The molecule has 1 aromatic rings. The summed E-state index contributed by atoms with van der Waals surface area (Å²) in [5.41, 5.74) is 0.573. The van der Waals surface area contributed by atoms with Crippen LogP contribution in [0.5, 0.6) is 5.75 Å². The van der Waals surface area contributed by atoms with Crippen molar-refractivity contribution in [3.63, 3.8) is 0 Å². The van der Waals surface area contributed by atoms with Gasteiger partial charge in [0.25, 0.3) is 5.91 Å². The summed E-state index contributed by atoms with van der Waals surface area (Å²) < 4.78 is 24.5. The summed E-state index contributed by atoms with van der Waals surface area (Å²) in [6, 6.07) is 4.59. The highest BCUT2D eigenvalue weighted by Crippen LogP contribution is 2.21. The van der Waals surface area contributed by atoms with Gasteiger partial charge in [-0.1, -0.05) is 6.07 Å². The Morgan fingerprint density at radius 2 is 2.19 bits per heavy atom. The van der Waals surface area contributed by atoms with Gasteiger partial charge in [0.15, 0.2) is 6.61 Å². The van der Waals surface area contributed by atoms with E-state index in [-0.39, 0.29) is 24.4 Å². The standard InChI is InChI=1S/C15H21FN2O3/c1-11(17-2)13-4-3-12(9-14(13)16)21-10-15(19)18-5-7-20-8-6-18/h3-4,9,11,17H,5-8,10H2,1-2H3. The molecule has 0 radical (unpaired) electrons. The number of benzene rings is 1. The number of ether oxygens (including phenoxy) is 2. The normalized spacial score (nSPS) is 16.6. The van der Waals surface area contributed by atoms with Crippen LogP contribution in [0.4, 0.5) is 4.39 Å². The number of carbonyl (C=O) groups is 1. The van der Waals surface area contributed by atoms with Gasteiger partial charge in [-0.05, 0) is 20.0 Å². The quantitative estimate of drug-likeness (QED) is 0.891. The predicted octanol–water partition coefficient (Wildman–Crippen LogP) is 1.34. The highest BCUT2D eigenvalue weighted by atomic mass is 19.1. The molecule has 1 fully saturated rings. The van der Waals surface area contributed by atoms with E-state index in [2.05, 4.69) is 5.32 Å². The first-order chi connectivity index (χ1) is 10.1. The molecule has 0 spiro atoms. The van der Waals surface area contributed by atoms with Gasteiger partial charge in [0.1, 0.15) is 11.6 Å². The molecule has 0 saturated carbocycles. The number of halogens is 1. The van der Waals surface area contributed by atoms with Crippen LogP contribution in [0, 0.1) is 5.82 Å². The van der Waals surface area contributed by atoms with Crippen molar-refractivity contribution >= 4 is 5.91 Å². The van der Waals surface area contributed by atoms with Gasteiger partial charge in [0.2, 0.25) is 0 Å². The molecule has 116 valence electrons. The van der Waals surface area contributed by atoms with Gasteiger partial charge < -0.3 is 19.7 Å². The number of rotatable bonds is 5. The Morgan fingerprint density at radius 1 is 1.48 bits per heavy atom. The second-order valence-corrected chi connectivity index (χ2v) is 4.98. The van der Waals surface area contributed by atoms with E-state index in [0.717, 1.165) is 0 Å². The number of amides is 1. The van der Waals surface area contributed by atoms with Crippen molar-refractivity contribution in [3.05, 3.63) is 29.6 Å². The molecular weight excluding hydrogens is 275 g/mol. The van der Waals surface area contributed by atoms with Crippen molar-refractivity contribution in [1.82, 2.24) is 10.2 Å². The number of nitrogens with zero attached hydrogens (tertiary/aromatic N) is 1. The van der Waals surface area contributed by atoms with Crippen LogP contribution >= 0.6 is 0 Å². The molecule has 1 atom stereocenters. The fourth-order valence-corrected chi connectivity index (χ4v) is 2.15. The Kier molecular flexibility index (Phi) is 5.52. The van der Waals surface area contributed by atoms with Crippen LogP contribution in [0.1, 0.15) is 18.5 Å². The highest BCUT2D eigenvalue weighted by molar-refractivity contribution is 5.77. The number of hydrogen-bond acceptors (Lipinski definition) is 4. The molecule has 1 amide bonds. The van der Waals surface area contributed by atoms with Crippen molar-refractivity contribution < 1.29 is 18.7 Å². The van der Waals surface area contributed by atoms with Crippen LogP contribution in [-0.2, 0) is 9.53 Å². The third-order valence-electron chi connectivity index (χ3n) is 3.60. The minimum atomic E-state index is -0.340. The van der Waals surface area contributed by atoms with Gasteiger partial charge in [-0.25, -0.2) is 4.39 Å². The lowest BCUT2D eigenvalue weighted by Crippen LogP contribution is -2.42. The molecule has 0 aromatic heterocycles. The Labute approximate surface area is 124 Å². The first kappa shape index (κ1) is 15.7. The van der Waals surface area contributed by atoms with E-state index >= 15 is 0 Å². The second-order valence-electron chi connectivity index (χ2n) is 4.98. The van der Waals surface area contributed by atoms with Gasteiger partial charge in [0, 0.05) is 30.8 Å². The average molecular weight is 296 g/mol. The SMILES string of the molecule is CNC(C)c1ccc(OCC(=O)N2CCOCC2)cc1F. The van der Waals surface area contributed by atoms with Crippen molar-refractivity contribution in [2.75, 3.05) is 40.0 Å². The van der Waals surface area contributed by atoms with Gasteiger partial charge in [-0.2, -0.15) is 0 Å². The molecule has 5 nitrogen and oxygen atoms in total. The number of nitrogens with one attached hydrogen (secondary N) is 1. The third kappa shape index (κ3) is 4.15. The molecule has 21 heavy (non-hydrogen) atoms. The van der Waals surface area contributed by atoms with Crippen molar-refractivity contribution in [3.8, 4) is 5.75 Å². The molecule has 1 N–H and O–H groups in total. The number of morpholine rings is 1. The van der Waals surface area contributed by atoms with Crippen molar-refractivity contribution in [2.45, 2.75) is 13.0 Å². The molecule has 1 aromatic carbocycles. The fourth-order valence-electron chi connectivity index (χ4n) is 2.15. The minimum Gasteiger partial charge on any atom is -0.484 e. The Balaban J connectivity index is 1.91. The molecule has 2 rings (SSSR count). The average Bonchev–Trinajstić information content (AvgIpc) is 2.52. The summed E-state index contributed by atoms with van der Waals surface area (Å²) in [7, 11) is 1.77. The van der Waals surface area contributed by atoms with E-state index in [0.29, 0.717) is 37.6 Å². The minimum absolute atomic E-state index is 0.0750. The van der Waals surface area contributed by atoms with Crippen LogP contribution < -0.4 is 10.1 Å². The smallest absolute Gasteiger partial charge is 0.260 e. The zero-order chi connectivity index (χ0) is 15.2. The van der Waals surface area contributed by atoms with Crippen LogP contribution in [0.25, 0.3) is 0 Å². The van der Waals surface area contributed by atoms with E-state index in [1.807, 2.05) is 6.92 Å². The predicted molar refractivity (Wildman–Crippen MR) is 76.8 cm³/mol. The Bertz CT molecular complexity index is 490.